The number of aromatic nitrogens is 2. The molecule has 4 nitrogen and oxygen atoms in total. The molecule has 0 aliphatic carbocycles. The fraction of sp³-hybridized carbons (Fsp3) is 0.769. The highest BCUT2D eigenvalue weighted by atomic mass is 35.5. The minimum Gasteiger partial charge on any atom is -0.271 e. The third-order valence-corrected chi connectivity index (χ3v) is 3.71. The molecule has 0 saturated carbocycles. The molecule has 1 heterocycles. The van der Waals surface area contributed by atoms with E-state index in [0.29, 0.717) is 5.92 Å². The van der Waals surface area contributed by atoms with Crippen LogP contribution < -0.4 is 11.3 Å². The summed E-state index contributed by atoms with van der Waals surface area (Å²) in [5.41, 5.74) is 4.88. The van der Waals surface area contributed by atoms with Gasteiger partial charge >= 0.3 is 0 Å². The Kier molecular flexibility index (Phi) is 6.12. The molecule has 18 heavy (non-hydrogen) atoms. The molecule has 0 saturated heterocycles. The zero-order valence-electron chi connectivity index (χ0n) is 11.8. The third-order valence-electron chi connectivity index (χ3n) is 3.22. The molecule has 1 aromatic rings. The first-order chi connectivity index (χ1) is 8.49. The number of aryl methyl sites for hydroxylation is 2. The lowest BCUT2D eigenvalue weighted by molar-refractivity contribution is 0.424. The van der Waals surface area contributed by atoms with Gasteiger partial charge in [-0.25, -0.2) is 0 Å². The van der Waals surface area contributed by atoms with Gasteiger partial charge in [-0.15, -0.1) is 0 Å². The first-order valence-electron chi connectivity index (χ1n) is 6.67. The highest BCUT2D eigenvalue weighted by molar-refractivity contribution is 6.31. The molecular weight excluding hydrogens is 248 g/mol. The minimum atomic E-state index is 0.256. The van der Waals surface area contributed by atoms with Crippen molar-refractivity contribution >= 4 is 11.6 Å². The van der Waals surface area contributed by atoms with Crippen LogP contribution >= 0.6 is 11.6 Å². The molecule has 1 rings (SSSR count). The highest BCUT2D eigenvalue weighted by Gasteiger charge is 2.17. The maximum atomic E-state index is 6.30. The van der Waals surface area contributed by atoms with E-state index in [1.165, 1.54) is 0 Å². The van der Waals surface area contributed by atoms with Crippen LogP contribution in [0.2, 0.25) is 5.02 Å². The standard InChI is InChI=1S/C13H25ClN4/c1-5-18-12(13(14)10(4)17-18)8-11(16-15)7-6-9(2)3/h9,11,16H,5-8,15H2,1-4H3. The SMILES string of the molecule is CCn1nc(C)c(Cl)c1CC(CCC(C)C)NN. The van der Waals surface area contributed by atoms with Gasteiger partial charge < -0.3 is 0 Å². The van der Waals surface area contributed by atoms with Gasteiger partial charge in [-0.3, -0.25) is 16.0 Å². The molecular formula is C13H25ClN4. The molecule has 5 heteroatoms. The van der Waals surface area contributed by atoms with Gasteiger partial charge in [0, 0.05) is 19.0 Å². The van der Waals surface area contributed by atoms with E-state index in [1.54, 1.807) is 0 Å². The van der Waals surface area contributed by atoms with Crippen molar-refractivity contribution in [1.82, 2.24) is 15.2 Å². The molecule has 0 spiro atoms. The first-order valence-corrected chi connectivity index (χ1v) is 7.05. The maximum absolute atomic E-state index is 6.30. The van der Waals surface area contributed by atoms with Crippen LogP contribution in [-0.2, 0) is 13.0 Å². The summed E-state index contributed by atoms with van der Waals surface area (Å²) in [4.78, 5) is 0. The molecule has 0 radical (unpaired) electrons. The number of rotatable bonds is 7. The molecule has 3 N–H and O–H groups in total. The maximum Gasteiger partial charge on any atom is 0.0847 e. The van der Waals surface area contributed by atoms with E-state index in [2.05, 4.69) is 31.3 Å². The second-order valence-electron chi connectivity index (χ2n) is 5.20. The summed E-state index contributed by atoms with van der Waals surface area (Å²) < 4.78 is 1.97. The zero-order valence-corrected chi connectivity index (χ0v) is 12.6. The van der Waals surface area contributed by atoms with E-state index in [4.69, 9.17) is 17.4 Å². The van der Waals surface area contributed by atoms with E-state index in [1.807, 2.05) is 11.6 Å². The molecule has 1 unspecified atom stereocenters. The lowest BCUT2D eigenvalue weighted by Crippen LogP contribution is -2.37. The average Bonchev–Trinajstić information content (AvgIpc) is 2.61. The Hall–Kier alpha value is -0.580. The van der Waals surface area contributed by atoms with Crippen LogP contribution in [0.25, 0.3) is 0 Å². The largest absolute Gasteiger partial charge is 0.271 e. The normalized spacial score (nSPS) is 13.3. The number of hydrogen-bond acceptors (Lipinski definition) is 3. The van der Waals surface area contributed by atoms with E-state index in [9.17, 15) is 0 Å². The molecule has 0 bridgehead atoms. The second kappa shape index (κ2) is 7.12. The zero-order chi connectivity index (χ0) is 13.7. The summed E-state index contributed by atoms with van der Waals surface area (Å²) in [5, 5.41) is 5.21. The van der Waals surface area contributed by atoms with Crippen molar-refractivity contribution in [3.8, 4) is 0 Å². The number of nitrogens with two attached hydrogens (primary N) is 1. The second-order valence-corrected chi connectivity index (χ2v) is 5.58. The van der Waals surface area contributed by atoms with Crippen molar-refractivity contribution in [2.45, 2.75) is 59.5 Å². The first kappa shape index (κ1) is 15.5. The summed E-state index contributed by atoms with van der Waals surface area (Å²) in [7, 11) is 0. The van der Waals surface area contributed by atoms with E-state index >= 15 is 0 Å². The average molecular weight is 273 g/mol. The van der Waals surface area contributed by atoms with Crippen LogP contribution in [-0.4, -0.2) is 15.8 Å². The Morgan fingerprint density at radius 1 is 1.39 bits per heavy atom. The summed E-state index contributed by atoms with van der Waals surface area (Å²) in [5.74, 6) is 6.32. The number of hydrazine groups is 1. The fourth-order valence-corrected chi connectivity index (χ4v) is 2.29. The van der Waals surface area contributed by atoms with Crippen LogP contribution in [0.4, 0.5) is 0 Å². The molecule has 0 amide bonds. The summed E-state index contributed by atoms with van der Waals surface area (Å²) in [6, 6.07) is 0.256. The molecule has 1 aromatic heterocycles. The fourth-order valence-electron chi connectivity index (χ4n) is 2.08. The molecule has 0 aliphatic rings. The Balaban J connectivity index is 2.74. The predicted molar refractivity (Wildman–Crippen MR) is 76.5 cm³/mol. The lowest BCUT2D eigenvalue weighted by Gasteiger charge is -2.17. The van der Waals surface area contributed by atoms with Gasteiger partial charge in [-0.05, 0) is 32.6 Å². The van der Waals surface area contributed by atoms with Gasteiger partial charge in [0.1, 0.15) is 0 Å². The smallest absolute Gasteiger partial charge is 0.0847 e. The highest BCUT2D eigenvalue weighted by Crippen LogP contribution is 2.22. The van der Waals surface area contributed by atoms with Crippen molar-refractivity contribution in [3.05, 3.63) is 16.4 Å². The van der Waals surface area contributed by atoms with Gasteiger partial charge in [-0.1, -0.05) is 25.4 Å². The van der Waals surface area contributed by atoms with E-state index in [-0.39, 0.29) is 6.04 Å². The monoisotopic (exact) mass is 272 g/mol. The Morgan fingerprint density at radius 3 is 2.56 bits per heavy atom. The van der Waals surface area contributed by atoms with Crippen LogP contribution in [0.3, 0.4) is 0 Å². The van der Waals surface area contributed by atoms with Crippen molar-refractivity contribution in [2.24, 2.45) is 11.8 Å². The Bertz CT molecular complexity index is 373. The Labute approximate surface area is 115 Å². The van der Waals surface area contributed by atoms with E-state index in [0.717, 1.165) is 42.2 Å². The number of nitrogens with one attached hydrogen (secondary N) is 1. The summed E-state index contributed by atoms with van der Waals surface area (Å²) in [6.07, 6.45) is 3.04. The van der Waals surface area contributed by atoms with Gasteiger partial charge in [0.05, 0.1) is 16.4 Å². The topological polar surface area (TPSA) is 55.9 Å². The molecule has 104 valence electrons. The van der Waals surface area contributed by atoms with Crippen molar-refractivity contribution in [1.29, 1.82) is 0 Å². The van der Waals surface area contributed by atoms with Crippen molar-refractivity contribution < 1.29 is 0 Å². The molecule has 0 aliphatic heterocycles. The number of hydrogen-bond donors (Lipinski definition) is 2. The van der Waals surface area contributed by atoms with Crippen LogP contribution in [0, 0.1) is 12.8 Å². The van der Waals surface area contributed by atoms with Crippen molar-refractivity contribution in [2.75, 3.05) is 0 Å². The summed E-state index contributed by atoms with van der Waals surface area (Å²) in [6.45, 7) is 9.30. The molecule has 0 fully saturated rings. The van der Waals surface area contributed by atoms with Gasteiger partial charge in [0.15, 0.2) is 0 Å². The summed E-state index contributed by atoms with van der Waals surface area (Å²) >= 11 is 6.30. The van der Waals surface area contributed by atoms with Crippen LogP contribution in [0.15, 0.2) is 0 Å². The van der Waals surface area contributed by atoms with E-state index < -0.39 is 0 Å². The quantitative estimate of drug-likeness (QED) is 0.593. The minimum absolute atomic E-state index is 0.256. The van der Waals surface area contributed by atoms with Gasteiger partial charge in [-0.2, -0.15) is 5.10 Å². The van der Waals surface area contributed by atoms with Gasteiger partial charge in [0.2, 0.25) is 0 Å². The van der Waals surface area contributed by atoms with Crippen LogP contribution in [0.5, 0.6) is 0 Å². The third kappa shape index (κ3) is 3.97. The van der Waals surface area contributed by atoms with Crippen molar-refractivity contribution in [3.63, 3.8) is 0 Å². The number of nitrogens with zero attached hydrogens (tertiary/aromatic N) is 2. The Morgan fingerprint density at radius 2 is 2.06 bits per heavy atom. The predicted octanol–water partition coefficient (Wildman–Crippen LogP) is 2.68. The van der Waals surface area contributed by atoms with Crippen LogP contribution in [0.1, 0.15) is 45.0 Å². The molecule has 0 aromatic carbocycles. The lowest BCUT2D eigenvalue weighted by atomic mass is 10.0. The molecule has 1 atom stereocenters. The number of halogens is 1. The van der Waals surface area contributed by atoms with Gasteiger partial charge in [0.25, 0.3) is 0 Å².